The molecule has 1 aromatic rings. The quantitative estimate of drug-likeness (QED) is 0.779. The van der Waals surface area contributed by atoms with Crippen molar-refractivity contribution in [1.82, 2.24) is 0 Å². The second-order valence-electron chi connectivity index (χ2n) is 5.23. The Kier molecular flexibility index (Phi) is 2.71. The Morgan fingerprint density at radius 2 is 2.18 bits per heavy atom. The molecule has 0 spiro atoms. The standard InChI is InChI=1S/C14H20N2O/c15-9-12-3-1-2-11-6-4-10-5-7-13(17)8-14(10)16(11)12/h5,7-8,11-12,17H,1-4,6,9,15H2. The van der Waals surface area contributed by atoms with Gasteiger partial charge < -0.3 is 15.7 Å². The number of nitrogens with two attached hydrogens (primary N) is 1. The zero-order chi connectivity index (χ0) is 11.8. The number of rotatable bonds is 1. The van der Waals surface area contributed by atoms with Gasteiger partial charge in [0.05, 0.1) is 0 Å². The number of hydrogen-bond donors (Lipinski definition) is 2. The second-order valence-corrected chi connectivity index (χ2v) is 5.23. The highest BCUT2D eigenvalue weighted by Crippen LogP contribution is 2.39. The molecule has 1 saturated heterocycles. The topological polar surface area (TPSA) is 49.5 Å². The van der Waals surface area contributed by atoms with E-state index in [4.69, 9.17) is 5.73 Å². The first-order valence-corrected chi connectivity index (χ1v) is 6.60. The summed E-state index contributed by atoms with van der Waals surface area (Å²) in [5.74, 6) is 0.366. The molecule has 2 unspecified atom stereocenters. The van der Waals surface area contributed by atoms with E-state index in [9.17, 15) is 5.11 Å². The zero-order valence-electron chi connectivity index (χ0n) is 10.1. The van der Waals surface area contributed by atoms with Crippen molar-refractivity contribution in [3.05, 3.63) is 23.8 Å². The summed E-state index contributed by atoms with van der Waals surface area (Å²) in [4.78, 5) is 2.47. The summed E-state index contributed by atoms with van der Waals surface area (Å²) in [5, 5.41) is 9.68. The lowest BCUT2D eigenvalue weighted by molar-refractivity contribution is 0.358. The molecule has 0 bridgehead atoms. The van der Waals surface area contributed by atoms with Crippen LogP contribution < -0.4 is 10.6 Å². The molecule has 92 valence electrons. The minimum atomic E-state index is 0.366. The summed E-state index contributed by atoms with van der Waals surface area (Å²) in [6, 6.07) is 6.85. The first-order valence-electron chi connectivity index (χ1n) is 6.60. The van der Waals surface area contributed by atoms with Crippen LogP contribution in [-0.2, 0) is 6.42 Å². The van der Waals surface area contributed by atoms with E-state index in [0.717, 1.165) is 6.42 Å². The molecule has 3 rings (SSSR count). The molecule has 2 heterocycles. The molecule has 2 atom stereocenters. The fourth-order valence-corrected chi connectivity index (χ4v) is 3.40. The average Bonchev–Trinajstić information content (AvgIpc) is 2.37. The molecule has 0 amide bonds. The predicted octanol–water partition coefficient (Wildman–Crippen LogP) is 2.02. The van der Waals surface area contributed by atoms with Gasteiger partial charge in [0, 0.05) is 30.4 Å². The highest BCUT2D eigenvalue weighted by Gasteiger charge is 2.33. The van der Waals surface area contributed by atoms with E-state index in [-0.39, 0.29) is 0 Å². The van der Waals surface area contributed by atoms with Crippen molar-refractivity contribution in [2.75, 3.05) is 11.4 Å². The normalized spacial score (nSPS) is 27.5. The van der Waals surface area contributed by atoms with Crippen molar-refractivity contribution in [2.45, 2.75) is 44.2 Å². The van der Waals surface area contributed by atoms with Crippen molar-refractivity contribution in [3.8, 4) is 5.75 Å². The van der Waals surface area contributed by atoms with Crippen LogP contribution >= 0.6 is 0 Å². The summed E-state index contributed by atoms with van der Waals surface area (Å²) < 4.78 is 0. The van der Waals surface area contributed by atoms with Gasteiger partial charge in [-0.2, -0.15) is 0 Å². The maximum absolute atomic E-state index is 9.68. The molecule has 1 aromatic carbocycles. The summed E-state index contributed by atoms with van der Waals surface area (Å²) in [7, 11) is 0. The SMILES string of the molecule is NCC1CCCC2CCc3ccc(O)cc3N12. The van der Waals surface area contributed by atoms with Crippen LogP contribution in [0.3, 0.4) is 0 Å². The average molecular weight is 232 g/mol. The maximum atomic E-state index is 9.68. The Morgan fingerprint density at radius 3 is 3.00 bits per heavy atom. The van der Waals surface area contributed by atoms with Crippen LogP contribution in [0.25, 0.3) is 0 Å². The van der Waals surface area contributed by atoms with E-state index in [1.807, 2.05) is 6.07 Å². The second kappa shape index (κ2) is 4.22. The monoisotopic (exact) mass is 232 g/mol. The highest BCUT2D eigenvalue weighted by molar-refractivity contribution is 5.60. The Hall–Kier alpha value is -1.22. The van der Waals surface area contributed by atoms with Crippen LogP contribution in [-0.4, -0.2) is 23.7 Å². The van der Waals surface area contributed by atoms with Crippen LogP contribution in [0.5, 0.6) is 5.75 Å². The number of piperidine rings is 1. The fourth-order valence-electron chi connectivity index (χ4n) is 3.40. The maximum Gasteiger partial charge on any atom is 0.117 e. The summed E-state index contributed by atoms with van der Waals surface area (Å²) >= 11 is 0. The molecule has 3 N–H and O–H groups in total. The summed E-state index contributed by atoms with van der Waals surface area (Å²) in [6.45, 7) is 0.714. The lowest BCUT2D eigenvalue weighted by Crippen LogP contribution is -2.52. The fraction of sp³-hybridized carbons (Fsp3) is 0.571. The molecule has 2 aliphatic heterocycles. The van der Waals surface area contributed by atoms with Crippen molar-refractivity contribution in [2.24, 2.45) is 5.73 Å². The molecule has 3 heteroatoms. The Morgan fingerprint density at radius 1 is 1.29 bits per heavy atom. The first kappa shape index (κ1) is 10.9. The van der Waals surface area contributed by atoms with E-state index >= 15 is 0 Å². The van der Waals surface area contributed by atoms with Gasteiger partial charge in [-0.15, -0.1) is 0 Å². The molecular formula is C14H20N2O. The van der Waals surface area contributed by atoms with E-state index in [1.54, 1.807) is 6.07 Å². The zero-order valence-corrected chi connectivity index (χ0v) is 10.1. The largest absolute Gasteiger partial charge is 0.508 e. The number of phenols is 1. The lowest BCUT2D eigenvalue weighted by Gasteiger charge is -2.47. The van der Waals surface area contributed by atoms with E-state index < -0.39 is 0 Å². The Balaban J connectivity index is 2.02. The third-order valence-electron chi connectivity index (χ3n) is 4.23. The van der Waals surface area contributed by atoms with Crippen LogP contribution in [0.2, 0.25) is 0 Å². The van der Waals surface area contributed by atoms with Gasteiger partial charge in [0.15, 0.2) is 0 Å². The number of benzene rings is 1. The van der Waals surface area contributed by atoms with Crippen molar-refractivity contribution in [1.29, 1.82) is 0 Å². The van der Waals surface area contributed by atoms with Gasteiger partial charge in [-0.1, -0.05) is 6.07 Å². The Labute approximate surface area is 102 Å². The van der Waals surface area contributed by atoms with Gasteiger partial charge in [-0.25, -0.2) is 0 Å². The van der Waals surface area contributed by atoms with Gasteiger partial charge in [0.2, 0.25) is 0 Å². The number of aryl methyl sites for hydroxylation is 1. The number of anilines is 1. The van der Waals surface area contributed by atoms with Gasteiger partial charge in [-0.05, 0) is 43.7 Å². The molecular weight excluding hydrogens is 212 g/mol. The van der Waals surface area contributed by atoms with Crippen LogP contribution in [0.4, 0.5) is 5.69 Å². The van der Waals surface area contributed by atoms with E-state index in [1.165, 1.54) is 36.9 Å². The minimum absolute atomic E-state index is 0.366. The van der Waals surface area contributed by atoms with Gasteiger partial charge in [0.1, 0.15) is 5.75 Å². The van der Waals surface area contributed by atoms with E-state index in [0.29, 0.717) is 24.4 Å². The molecule has 0 aromatic heterocycles. The Bertz CT molecular complexity index is 419. The minimum Gasteiger partial charge on any atom is -0.508 e. The highest BCUT2D eigenvalue weighted by atomic mass is 16.3. The van der Waals surface area contributed by atoms with Crippen LogP contribution in [0.1, 0.15) is 31.2 Å². The number of phenolic OH excluding ortho intramolecular Hbond substituents is 1. The molecule has 2 aliphatic rings. The van der Waals surface area contributed by atoms with Crippen molar-refractivity contribution < 1.29 is 5.11 Å². The number of nitrogens with zero attached hydrogens (tertiary/aromatic N) is 1. The van der Waals surface area contributed by atoms with Crippen LogP contribution in [0, 0.1) is 0 Å². The molecule has 1 fully saturated rings. The number of aromatic hydroxyl groups is 1. The van der Waals surface area contributed by atoms with Gasteiger partial charge in [-0.3, -0.25) is 0 Å². The molecule has 0 aliphatic carbocycles. The molecule has 0 saturated carbocycles. The van der Waals surface area contributed by atoms with Gasteiger partial charge >= 0.3 is 0 Å². The third-order valence-corrected chi connectivity index (χ3v) is 4.23. The van der Waals surface area contributed by atoms with Crippen molar-refractivity contribution in [3.63, 3.8) is 0 Å². The number of fused-ring (bicyclic) bond motifs is 3. The van der Waals surface area contributed by atoms with E-state index in [2.05, 4.69) is 11.0 Å². The lowest BCUT2D eigenvalue weighted by atomic mass is 9.86. The van der Waals surface area contributed by atoms with Crippen LogP contribution in [0.15, 0.2) is 18.2 Å². The smallest absolute Gasteiger partial charge is 0.117 e. The van der Waals surface area contributed by atoms with Gasteiger partial charge in [0.25, 0.3) is 0 Å². The summed E-state index contributed by atoms with van der Waals surface area (Å²) in [6.07, 6.45) is 6.10. The third kappa shape index (κ3) is 1.78. The van der Waals surface area contributed by atoms with Crippen molar-refractivity contribution >= 4 is 5.69 Å². The molecule has 3 nitrogen and oxygen atoms in total. The predicted molar refractivity (Wildman–Crippen MR) is 69.4 cm³/mol. The molecule has 17 heavy (non-hydrogen) atoms. The first-order chi connectivity index (χ1) is 8.29. The summed E-state index contributed by atoms with van der Waals surface area (Å²) in [5.41, 5.74) is 8.48. The number of hydrogen-bond acceptors (Lipinski definition) is 3. The molecule has 0 radical (unpaired) electrons.